The Hall–Kier alpha value is -3.27. The molecule has 0 bridgehead atoms. The molecule has 0 atom stereocenters. The molecule has 0 aliphatic heterocycles. The number of nitrogens with one attached hydrogen (secondary N) is 1. The fourth-order valence-electron chi connectivity index (χ4n) is 3.43. The minimum absolute atomic E-state index is 0.0373. The summed E-state index contributed by atoms with van der Waals surface area (Å²) in [5.41, 5.74) is 2.39. The van der Waals surface area contributed by atoms with Crippen LogP contribution in [0.25, 0.3) is 0 Å². The maximum atomic E-state index is 13.4. The Morgan fingerprint density at radius 1 is 0.971 bits per heavy atom. The normalized spacial score (nSPS) is 10.9. The van der Waals surface area contributed by atoms with Gasteiger partial charge in [0, 0.05) is 24.2 Å². The Morgan fingerprint density at radius 3 is 2.12 bits per heavy atom. The Kier molecular flexibility index (Phi) is 10.2. The fourth-order valence-corrected chi connectivity index (χ4v) is 3.79. The molecule has 0 aliphatic rings. The summed E-state index contributed by atoms with van der Waals surface area (Å²) < 4.78 is 39.7. The fraction of sp³-hybridized carbons (Fsp3) is 0.417. The SMILES string of the molecule is COc1cc(C(=O)N(CCCOC(=O)NS(C)(=O)=O)CCCc2ccccc2)cc(OC)c1C. The van der Waals surface area contributed by atoms with Crippen LogP contribution in [0.2, 0.25) is 0 Å². The average molecular weight is 493 g/mol. The third-order valence-electron chi connectivity index (χ3n) is 5.10. The number of rotatable bonds is 12. The van der Waals surface area contributed by atoms with E-state index < -0.39 is 16.1 Å². The number of carbonyl (C=O) groups excluding carboxylic acids is 2. The smallest absolute Gasteiger partial charge is 0.420 e. The highest BCUT2D eigenvalue weighted by Gasteiger charge is 2.19. The Balaban J connectivity index is 2.09. The molecule has 2 aromatic rings. The molecule has 2 aromatic carbocycles. The second-order valence-corrected chi connectivity index (χ2v) is 9.50. The van der Waals surface area contributed by atoms with Gasteiger partial charge in [0.15, 0.2) is 0 Å². The molecule has 0 radical (unpaired) electrons. The lowest BCUT2D eigenvalue weighted by atomic mass is 10.1. The standard InChI is InChI=1S/C24H32N2O7S/c1-18-21(31-2)16-20(17-22(18)32-3)23(27)26(13-8-12-19-10-6-5-7-11-19)14-9-15-33-24(28)25-34(4,29)30/h5-7,10-11,16-17H,8-9,12-15H2,1-4H3,(H,25,28). The van der Waals surface area contributed by atoms with Gasteiger partial charge in [0.1, 0.15) is 11.5 Å². The topological polar surface area (TPSA) is 111 Å². The van der Waals surface area contributed by atoms with Crippen molar-refractivity contribution in [1.29, 1.82) is 0 Å². The summed E-state index contributed by atoms with van der Waals surface area (Å²) in [6.07, 6.45) is 1.71. The molecule has 0 fully saturated rings. The third-order valence-corrected chi connectivity index (χ3v) is 5.63. The highest BCUT2D eigenvalue weighted by Crippen LogP contribution is 2.30. The van der Waals surface area contributed by atoms with Crippen molar-refractivity contribution in [2.45, 2.75) is 26.2 Å². The van der Waals surface area contributed by atoms with Gasteiger partial charge < -0.3 is 19.1 Å². The minimum atomic E-state index is -3.69. The summed E-state index contributed by atoms with van der Waals surface area (Å²) in [4.78, 5) is 26.6. The molecule has 2 rings (SSSR count). The number of ether oxygens (including phenoxy) is 3. The molecule has 0 spiro atoms. The minimum Gasteiger partial charge on any atom is -0.496 e. The van der Waals surface area contributed by atoms with Crippen LogP contribution in [0, 0.1) is 6.92 Å². The lowest BCUT2D eigenvalue weighted by molar-refractivity contribution is 0.0738. The molecule has 0 heterocycles. The van der Waals surface area contributed by atoms with Crippen LogP contribution >= 0.6 is 0 Å². The first kappa shape index (κ1) is 27.0. The van der Waals surface area contributed by atoms with E-state index >= 15 is 0 Å². The molecule has 10 heteroatoms. The van der Waals surface area contributed by atoms with Crippen LogP contribution in [0.15, 0.2) is 42.5 Å². The highest BCUT2D eigenvalue weighted by molar-refractivity contribution is 7.89. The average Bonchev–Trinajstić information content (AvgIpc) is 2.79. The van der Waals surface area contributed by atoms with Crippen molar-refractivity contribution >= 4 is 22.0 Å². The van der Waals surface area contributed by atoms with Crippen molar-refractivity contribution in [1.82, 2.24) is 9.62 Å². The van der Waals surface area contributed by atoms with E-state index in [1.165, 1.54) is 19.8 Å². The van der Waals surface area contributed by atoms with Gasteiger partial charge in [-0.2, -0.15) is 0 Å². The van der Waals surface area contributed by atoms with Gasteiger partial charge >= 0.3 is 6.09 Å². The lowest BCUT2D eigenvalue weighted by Gasteiger charge is -2.24. The number of hydrogen-bond donors (Lipinski definition) is 1. The summed E-state index contributed by atoms with van der Waals surface area (Å²) in [5.74, 6) is 0.894. The molecule has 2 amide bonds. The van der Waals surface area contributed by atoms with Gasteiger partial charge in [-0.1, -0.05) is 30.3 Å². The van der Waals surface area contributed by atoms with Gasteiger partial charge in [-0.25, -0.2) is 17.9 Å². The predicted molar refractivity (Wildman–Crippen MR) is 129 cm³/mol. The molecule has 0 saturated heterocycles. The molecule has 34 heavy (non-hydrogen) atoms. The number of sulfonamides is 1. The zero-order valence-corrected chi connectivity index (χ0v) is 20.8. The van der Waals surface area contributed by atoms with Crippen LogP contribution in [0.5, 0.6) is 11.5 Å². The van der Waals surface area contributed by atoms with E-state index in [9.17, 15) is 18.0 Å². The van der Waals surface area contributed by atoms with Gasteiger partial charge in [-0.05, 0) is 43.9 Å². The van der Waals surface area contributed by atoms with E-state index in [2.05, 4.69) is 0 Å². The number of benzene rings is 2. The number of carbonyl (C=O) groups is 2. The highest BCUT2D eigenvalue weighted by atomic mass is 32.2. The Labute approximate surface area is 201 Å². The van der Waals surface area contributed by atoms with E-state index in [4.69, 9.17) is 14.2 Å². The zero-order chi connectivity index (χ0) is 25.1. The summed E-state index contributed by atoms with van der Waals surface area (Å²) in [5, 5.41) is 0. The first-order chi connectivity index (χ1) is 16.1. The van der Waals surface area contributed by atoms with Crippen molar-refractivity contribution in [3.8, 4) is 11.5 Å². The van der Waals surface area contributed by atoms with Crippen molar-refractivity contribution < 1.29 is 32.2 Å². The molecular formula is C24H32N2O7S. The number of nitrogens with zero attached hydrogens (tertiary/aromatic N) is 1. The van der Waals surface area contributed by atoms with Gasteiger partial charge in [0.25, 0.3) is 5.91 Å². The van der Waals surface area contributed by atoms with E-state index in [0.717, 1.165) is 24.7 Å². The second kappa shape index (κ2) is 12.8. The largest absolute Gasteiger partial charge is 0.496 e. The van der Waals surface area contributed by atoms with Gasteiger partial charge in [-0.15, -0.1) is 0 Å². The molecule has 9 nitrogen and oxygen atoms in total. The molecule has 0 aromatic heterocycles. The lowest BCUT2D eigenvalue weighted by Crippen LogP contribution is -2.34. The van der Waals surface area contributed by atoms with E-state index in [1.54, 1.807) is 21.8 Å². The summed E-state index contributed by atoms with van der Waals surface area (Å²) in [7, 11) is -0.626. The van der Waals surface area contributed by atoms with Crippen molar-refractivity contribution in [2.75, 3.05) is 40.2 Å². The Bertz CT molecular complexity index is 1050. The van der Waals surface area contributed by atoms with Crippen LogP contribution in [-0.4, -0.2) is 65.5 Å². The van der Waals surface area contributed by atoms with Gasteiger partial charge in [-0.3, -0.25) is 4.79 Å². The van der Waals surface area contributed by atoms with E-state index in [-0.39, 0.29) is 12.5 Å². The first-order valence-electron chi connectivity index (χ1n) is 10.8. The number of methoxy groups -OCH3 is 2. The number of hydrogen-bond acceptors (Lipinski definition) is 7. The second-order valence-electron chi connectivity index (χ2n) is 7.75. The van der Waals surface area contributed by atoms with Crippen molar-refractivity contribution in [2.24, 2.45) is 0 Å². The van der Waals surface area contributed by atoms with Crippen LogP contribution in [-0.2, 0) is 21.2 Å². The summed E-state index contributed by atoms with van der Waals surface area (Å²) in [6.45, 7) is 2.62. The summed E-state index contributed by atoms with van der Waals surface area (Å²) in [6, 6.07) is 13.3. The monoisotopic (exact) mass is 492 g/mol. The molecule has 1 N–H and O–H groups in total. The quantitative estimate of drug-likeness (QED) is 0.453. The predicted octanol–water partition coefficient (Wildman–Crippen LogP) is 3.16. The van der Waals surface area contributed by atoms with E-state index in [0.29, 0.717) is 36.6 Å². The third kappa shape index (κ3) is 8.58. The van der Waals surface area contributed by atoms with Crippen molar-refractivity contribution in [3.05, 3.63) is 59.2 Å². The zero-order valence-electron chi connectivity index (χ0n) is 20.0. The van der Waals surface area contributed by atoms with E-state index in [1.807, 2.05) is 37.3 Å². The van der Waals surface area contributed by atoms with Crippen LogP contribution in [0.1, 0.15) is 34.3 Å². The molecule has 186 valence electrons. The summed E-state index contributed by atoms with van der Waals surface area (Å²) >= 11 is 0. The van der Waals surface area contributed by atoms with Crippen LogP contribution in [0.4, 0.5) is 4.79 Å². The molecule has 0 saturated carbocycles. The van der Waals surface area contributed by atoms with Gasteiger partial charge in [0.05, 0.1) is 27.1 Å². The molecular weight excluding hydrogens is 460 g/mol. The number of amides is 2. The van der Waals surface area contributed by atoms with Crippen molar-refractivity contribution in [3.63, 3.8) is 0 Å². The molecule has 0 aliphatic carbocycles. The Morgan fingerprint density at radius 2 is 1.56 bits per heavy atom. The van der Waals surface area contributed by atoms with Crippen LogP contribution < -0.4 is 14.2 Å². The maximum Gasteiger partial charge on any atom is 0.420 e. The first-order valence-corrected chi connectivity index (χ1v) is 12.7. The van der Waals surface area contributed by atoms with Crippen LogP contribution in [0.3, 0.4) is 0 Å². The molecule has 0 unspecified atom stereocenters. The van der Waals surface area contributed by atoms with Gasteiger partial charge in [0.2, 0.25) is 10.0 Å². The maximum absolute atomic E-state index is 13.4. The number of aryl methyl sites for hydroxylation is 1.